The molecule has 3 aromatic carbocycles. The van der Waals surface area contributed by atoms with Gasteiger partial charge < -0.3 is 64.6 Å². The van der Waals surface area contributed by atoms with Gasteiger partial charge in [-0.3, -0.25) is 4.79 Å². The summed E-state index contributed by atoms with van der Waals surface area (Å²) in [6.45, 7) is 1.34. The van der Waals surface area contributed by atoms with E-state index in [0.717, 1.165) is 36.4 Å². The van der Waals surface area contributed by atoms with Crippen LogP contribution in [0.5, 0.6) is 46.0 Å². The Balaban J connectivity index is 1.62. The molecule has 1 aliphatic rings. The molecule has 2 heterocycles. The zero-order valence-corrected chi connectivity index (χ0v) is 21.9. The number of phenols is 7. The Morgan fingerprint density at radius 2 is 1.49 bits per heavy atom. The highest BCUT2D eigenvalue weighted by molar-refractivity contribution is 5.91. The van der Waals surface area contributed by atoms with Gasteiger partial charge in [-0.05, 0) is 37.3 Å². The monoisotopic (exact) mass is 600 g/mol. The van der Waals surface area contributed by atoms with E-state index >= 15 is 0 Å². The predicted molar refractivity (Wildman–Crippen MR) is 142 cm³/mol. The maximum Gasteiger partial charge on any atom is 0.339 e. The Bertz CT molecular complexity index is 1770. The van der Waals surface area contributed by atoms with Crippen LogP contribution >= 0.6 is 0 Å². The summed E-state index contributed by atoms with van der Waals surface area (Å²) in [4.78, 5) is 26.6. The van der Waals surface area contributed by atoms with Crippen molar-refractivity contribution >= 4 is 16.9 Å². The summed E-state index contributed by atoms with van der Waals surface area (Å²) in [6, 6.07) is 6.72. The number of aliphatic hydroxyl groups is 2. The number of aromatic hydroxyl groups is 7. The molecule has 5 rings (SSSR count). The molecule has 4 aromatic rings. The Hall–Kier alpha value is -5.38. The molecular weight excluding hydrogens is 576 g/mol. The van der Waals surface area contributed by atoms with Gasteiger partial charge in [0.2, 0.25) is 17.5 Å². The summed E-state index contributed by atoms with van der Waals surface area (Å²) in [5.41, 5.74) is -1.86. The van der Waals surface area contributed by atoms with Gasteiger partial charge in [0.15, 0.2) is 40.6 Å². The molecule has 1 aliphatic heterocycles. The molecule has 1 fully saturated rings. The van der Waals surface area contributed by atoms with Gasteiger partial charge in [-0.25, -0.2) is 4.79 Å². The first-order chi connectivity index (χ1) is 20.3. The summed E-state index contributed by atoms with van der Waals surface area (Å²) in [6.07, 6.45) is -8.39. The van der Waals surface area contributed by atoms with Crippen molar-refractivity contribution in [3.05, 3.63) is 58.3 Å². The highest BCUT2D eigenvalue weighted by Crippen LogP contribution is 2.40. The molecule has 5 atom stereocenters. The third kappa shape index (κ3) is 5.23. The molecule has 0 bridgehead atoms. The number of fused-ring (bicyclic) bond motifs is 1. The van der Waals surface area contributed by atoms with E-state index < -0.39 is 105 Å². The standard InChI is InChI=1S/C28H24O15/c1-9-20(35)23(38)26(42-27(39)11-5-16(33)21(36)17(34)6-11)28(40-9)43-25-22(37)19-15(32)7-12(29)8-18(19)41-24(25)10-2-3-13(30)14(31)4-10/h2-9,20,23,26,28-36,38H,1H3/t9-,20-,23+,26-,28-/m1/s1. The highest BCUT2D eigenvalue weighted by atomic mass is 16.7. The number of rotatable bonds is 5. The summed E-state index contributed by atoms with van der Waals surface area (Å²) in [5, 5.41) is 90.1. The topological polar surface area (TPSA) is 257 Å². The normalized spacial score (nSPS) is 21.9. The number of esters is 1. The quantitative estimate of drug-likeness (QED) is 0.116. The number of phenolic OH excluding ortho intramolecular Hbond substituents is 7. The molecule has 1 saturated heterocycles. The third-order valence-electron chi connectivity index (χ3n) is 6.72. The van der Waals surface area contributed by atoms with Crippen molar-refractivity contribution < 1.29 is 69.4 Å². The number of carbonyl (C=O) groups is 1. The third-order valence-corrected chi connectivity index (χ3v) is 6.72. The minimum Gasteiger partial charge on any atom is -0.508 e. The zero-order chi connectivity index (χ0) is 31.3. The lowest BCUT2D eigenvalue weighted by molar-refractivity contribution is -0.267. The molecule has 1 aromatic heterocycles. The Labute approximate surface area is 239 Å². The number of aliphatic hydroxyl groups excluding tert-OH is 2. The molecule has 0 amide bonds. The second-order valence-electron chi connectivity index (χ2n) is 9.67. The van der Waals surface area contributed by atoms with Crippen molar-refractivity contribution in [2.45, 2.75) is 37.6 Å². The van der Waals surface area contributed by atoms with E-state index in [1.807, 2.05) is 0 Å². The van der Waals surface area contributed by atoms with Gasteiger partial charge >= 0.3 is 5.97 Å². The Morgan fingerprint density at radius 3 is 2.14 bits per heavy atom. The number of benzene rings is 3. The van der Waals surface area contributed by atoms with E-state index in [-0.39, 0.29) is 11.1 Å². The number of carbonyl (C=O) groups excluding carboxylic acids is 1. The van der Waals surface area contributed by atoms with Gasteiger partial charge in [0.1, 0.15) is 34.7 Å². The van der Waals surface area contributed by atoms with Crippen LogP contribution in [0.25, 0.3) is 22.3 Å². The van der Waals surface area contributed by atoms with Crippen molar-refractivity contribution in [2.75, 3.05) is 0 Å². The molecule has 15 nitrogen and oxygen atoms in total. The largest absolute Gasteiger partial charge is 0.508 e. The molecule has 9 N–H and O–H groups in total. The Morgan fingerprint density at radius 1 is 0.814 bits per heavy atom. The van der Waals surface area contributed by atoms with Crippen LogP contribution in [-0.4, -0.2) is 82.6 Å². The lowest BCUT2D eigenvalue weighted by Crippen LogP contribution is -2.60. The van der Waals surface area contributed by atoms with Crippen LogP contribution < -0.4 is 10.2 Å². The second kappa shape index (κ2) is 10.8. The maximum absolute atomic E-state index is 13.7. The van der Waals surface area contributed by atoms with Crippen molar-refractivity contribution in [2.24, 2.45) is 0 Å². The maximum atomic E-state index is 13.7. The lowest BCUT2D eigenvalue weighted by atomic mass is 9.99. The lowest BCUT2D eigenvalue weighted by Gasteiger charge is -2.40. The first kappa shape index (κ1) is 29.1. The molecule has 0 saturated carbocycles. The Kier molecular flexibility index (Phi) is 7.31. The number of hydrogen-bond acceptors (Lipinski definition) is 15. The van der Waals surface area contributed by atoms with Gasteiger partial charge in [0, 0.05) is 17.7 Å². The minimum absolute atomic E-state index is 0.0415. The van der Waals surface area contributed by atoms with E-state index in [1.165, 1.54) is 13.0 Å². The fourth-order valence-electron chi connectivity index (χ4n) is 4.48. The molecule has 0 spiro atoms. The van der Waals surface area contributed by atoms with E-state index in [9.17, 15) is 55.5 Å². The van der Waals surface area contributed by atoms with Gasteiger partial charge in [-0.1, -0.05) is 0 Å². The van der Waals surface area contributed by atoms with Crippen LogP contribution in [0.15, 0.2) is 51.7 Å². The summed E-state index contributed by atoms with van der Waals surface area (Å²) >= 11 is 0. The van der Waals surface area contributed by atoms with Gasteiger partial charge in [-0.15, -0.1) is 0 Å². The zero-order valence-electron chi connectivity index (χ0n) is 21.9. The molecular formula is C28H24O15. The average Bonchev–Trinajstić information content (AvgIpc) is 2.94. The van der Waals surface area contributed by atoms with Crippen LogP contribution in [0, 0.1) is 0 Å². The average molecular weight is 600 g/mol. The molecule has 0 aliphatic carbocycles. The second-order valence-corrected chi connectivity index (χ2v) is 9.67. The van der Waals surface area contributed by atoms with Gasteiger partial charge in [-0.2, -0.15) is 0 Å². The molecule has 0 unspecified atom stereocenters. The minimum atomic E-state index is -1.88. The van der Waals surface area contributed by atoms with Crippen LogP contribution in [0.3, 0.4) is 0 Å². The van der Waals surface area contributed by atoms with E-state index in [2.05, 4.69) is 0 Å². The molecule has 226 valence electrons. The SMILES string of the molecule is C[C@H]1O[C@H](Oc2c(-c3ccc(O)c(O)c3)oc3cc(O)cc(O)c3c2=O)[C@H](OC(=O)c2cc(O)c(O)c(O)c2)[C@@H](O)[C@@H]1O. The highest BCUT2D eigenvalue weighted by Gasteiger charge is 2.47. The van der Waals surface area contributed by atoms with Crippen LogP contribution in [0.2, 0.25) is 0 Å². The first-order valence-electron chi connectivity index (χ1n) is 12.5. The number of ether oxygens (including phenoxy) is 3. The fraction of sp³-hybridized carbons (Fsp3) is 0.214. The summed E-state index contributed by atoms with van der Waals surface area (Å²) in [7, 11) is 0. The summed E-state index contributed by atoms with van der Waals surface area (Å²) < 4.78 is 22.5. The molecule has 0 radical (unpaired) electrons. The van der Waals surface area contributed by atoms with E-state index in [0.29, 0.717) is 0 Å². The molecule has 15 heteroatoms. The molecule has 43 heavy (non-hydrogen) atoms. The van der Waals surface area contributed by atoms with Gasteiger partial charge in [0.25, 0.3) is 0 Å². The fourth-order valence-corrected chi connectivity index (χ4v) is 4.48. The first-order valence-corrected chi connectivity index (χ1v) is 12.5. The van der Waals surface area contributed by atoms with Gasteiger partial charge in [0.05, 0.1) is 11.7 Å². The van der Waals surface area contributed by atoms with E-state index in [1.54, 1.807) is 0 Å². The van der Waals surface area contributed by atoms with Crippen molar-refractivity contribution in [3.8, 4) is 57.3 Å². The van der Waals surface area contributed by atoms with Crippen LogP contribution in [0.4, 0.5) is 0 Å². The summed E-state index contributed by atoms with van der Waals surface area (Å²) in [5.74, 6) is -7.30. The van der Waals surface area contributed by atoms with Crippen molar-refractivity contribution in [1.82, 2.24) is 0 Å². The van der Waals surface area contributed by atoms with Crippen LogP contribution in [0.1, 0.15) is 17.3 Å². The van der Waals surface area contributed by atoms with Crippen LogP contribution in [-0.2, 0) is 9.47 Å². The number of hydrogen-bond donors (Lipinski definition) is 9. The van der Waals surface area contributed by atoms with Crippen molar-refractivity contribution in [3.63, 3.8) is 0 Å². The predicted octanol–water partition coefficient (Wildman–Crippen LogP) is 1.47. The van der Waals surface area contributed by atoms with E-state index in [4.69, 9.17) is 18.6 Å². The smallest absolute Gasteiger partial charge is 0.339 e. The van der Waals surface area contributed by atoms with Crippen molar-refractivity contribution in [1.29, 1.82) is 0 Å².